The molecule has 0 saturated carbocycles. The van der Waals surface area contributed by atoms with E-state index in [2.05, 4.69) is 20.2 Å². The Morgan fingerprint density at radius 2 is 1.75 bits per heavy atom. The van der Waals surface area contributed by atoms with Gasteiger partial charge in [-0.1, -0.05) is 48.0 Å². The van der Waals surface area contributed by atoms with Gasteiger partial charge in [0.05, 0.1) is 53.1 Å². The number of rotatable bonds is 16. The Morgan fingerprint density at radius 1 is 1.00 bits per heavy atom. The predicted molar refractivity (Wildman–Crippen MR) is 213 cm³/mol. The summed E-state index contributed by atoms with van der Waals surface area (Å²) in [6, 6.07) is 20.2. The van der Waals surface area contributed by atoms with Gasteiger partial charge < -0.3 is 30.1 Å². The number of nitrogens with zero attached hydrogens (tertiary/aromatic N) is 5. The van der Waals surface area contributed by atoms with E-state index in [-0.39, 0.29) is 36.4 Å². The van der Waals surface area contributed by atoms with Crippen LogP contribution >= 0.6 is 11.6 Å². The summed E-state index contributed by atoms with van der Waals surface area (Å²) < 4.78 is 7.31. The molecule has 2 aromatic heterocycles. The highest BCUT2D eigenvalue weighted by Crippen LogP contribution is 2.28. The van der Waals surface area contributed by atoms with Gasteiger partial charge in [-0.3, -0.25) is 23.9 Å². The smallest absolute Gasteiger partial charge is 0.261 e. The molecular formula is C42H49ClN6O6. The average molecular weight is 769 g/mol. The van der Waals surface area contributed by atoms with Crippen molar-refractivity contribution in [3.63, 3.8) is 0 Å². The molecule has 3 heterocycles. The maximum Gasteiger partial charge on any atom is 0.261 e. The molecule has 1 atom stereocenters. The largest absolute Gasteiger partial charge is 0.493 e. The third kappa shape index (κ3) is 10.1. The fourth-order valence-electron chi connectivity index (χ4n) is 7.10. The zero-order valence-corrected chi connectivity index (χ0v) is 32.2. The van der Waals surface area contributed by atoms with Crippen molar-refractivity contribution < 1.29 is 24.5 Å². The van der Waals surface area contributed by atoms with Gasteiger partial charge in [-0.2, -0.15) is 0 Å². The van der Waals surface area contributed by atoms with Gasteiger partial charge >= 0.3 is 0 Å². The van der Waals surface area contributed by atoms with Gasteiger partial charge in [-0.25, -0.2) is 4.98 Å². The first kappa shape index (κ1) is 39.8. The molecule has 3 aromatic carbocycles. The summed E-state index contributed by atoms with van der Waals surface area (Å²) >= 11 is 6.38. The minimum atomic E-state index is -1.17. The fourth-order valence-corrected chi connectivity index (χ4v) is 7.37. The predicted octanol–water partition coefficient (Wildman–Crippen LogP) is 4.84. The number of benzene rings is 3. The molecule has 0 radical (unpaired) electrons. The first-order valence-electron chi connectivity index (χ1n) is 18.8. The lowest BCUT2D eigenvalue weighted by Crippen LogP contribution is -2.51. The van der Waals surface area contributed by atoms with Crippen LogP contribution in [0.3, 0.4) is 0 Å². The lowest BCUT2D eigenvalue weighted by molar-refractivity contribution is -0.140. The van der Waals surface area contributed by atoms with Crippen molar-refractivity contribution in [2.24, 2.45) is 5.92 Å². The van der Waals surface area contributed by atoms with E-state index in [9.17, 15) is 24.6 Å². The Hall–Kier alpha value is -4.88. The number of nitrogens with one attached hydrogen (secondary N) is 1. The van der Waals surface area contributed by atoms with Gasteiger partial charge in [0.2, 0.25) is 5.91 Å². The maximum absolute atomic E-state index is 14.0. The molecule has 1 aliphatic rings. The number of aliphatic hydroxyl groups is 2. The molecule has 0 aliphatic carbocycles. The second-order valence-electron chi connectivity index (χ2n) is 14.7. The molecule has 1 fully saturated rings. The lowest BCUT2D eigenvalue weighted by Gasteiger charge is -2.39. The van der Waals surface area contributed by atoms with E-state index < -0.39 is 5.60 Å². The molecule has 13 heteroatoms. The van der Waals surface area contributed by atoms with Crippen molar-refractivity contribution in [1.29, 1.82) is 0 Å². The lowest BCUT2D eigenvalue weighted by atomic mass is 9.88. The highest BCUT2D eigenvalue weighted by atomic mass is 35.5. The maximum atomic E-state index is 14.0. The number of carbonyl (C=O) groups is 2. The van der Waals surface area contributed by atoms with Gasteiger partial charge in [-0.15, -0.1) is 0 Å². The van der Waals surface area contributed by atoms with Crippen molar-refractivity contribution in [1.82, 2.24) is 29.7 Å². The van der Waals surface area contributed by atoms with E-state index in [1.165, 1.54) is 17.1 Å². The van der Waals surface area contributed by atoms with Crippen molar-refractivity contribution in [3.8, 4) is 5.75 Å². The van der Waals surface area contributed by atoms with Crippen LogP contribution in [-0.4, -0.2) is 98.8 Å². The zero-order valence-electron chi connectivity index (χ0n) is 31.4. The Bertz CT molecular complexity index is 2170. The molecular weight excluding hydrogens is 720 g/mol. The van der Waals surface area contributed by atoms with E-state index >= 15 is 0 Å². The molecule has 12 nitrogen and oxygen atoms in total. The Morgan fingerprint density at radius 3 is 2.49 bits per heavy atom. The second-order valence-corrected chi connectivity index (χ2v) is 15.1. The molecule has 55 heavy (non-hydrogen) atoms. The second kappa shape index (κ2) is 18.2. The number of ether oxygens (including phenoxy) is 1. The number of aliphatic hydroxyl groups excluding tert-OH is 1. The van der Waals surface area contributed by atoms with Crippen LogP contribution < -0.4 is 15.6 Å². The van der Waals surface area contributed by atoms with Crippen molar-refractivity contribution in [3.05, 3.63) is 111 Å². The number of carbonyl (C=O) groups excluding carboxylic acids is 2. The number of amides is 2. The molecule has 6 rings (SSSR count). The Kier molecular flexibility index (Phi) is 13.1. The van der Waals surface area contributed by atoms with Crippen LogP contribution in [0.2, 0.25) is 5.02 Å². The van der Waals surface area contributed by atoms with Crippen LogP contribution in [-0.2, 0) is 24.4 Å². The van der Waals surface area contributed by atoms with Gasteiger partial charge in [0, 0.05) is 60.9 Å². The van der Waals surface area contributed by atoms with E-state index in [0.717, 1.165) is 18.5 Å². The van der Waals surface area contributed by atoms with Crippen LogP contribution in [0.15, 0.2) is 84.0 Å². The summed E-state index contributed by atoms with van der Waals surface area (Å²) in [5.74, 6) is 0.109. The summed E-state index contributed by atoms with van der Waals surface area (Å²) in [6.07, 6.45) is 6.22. The van der Waals surface area contributed by atoms with E-state index in [4.69, 9.17) is 16.3 Å². The highest BCUT2D eigenvalue weighted by molar-refractivity contribution is 6.36. The van der Waals surface area contributed by atoms with Crippen LogP contribution in [0.4, 0.5) is 0 Å². The average Bonchev–Trinajstić information content (AvgIpc) is 3.19. The van der Waals surface area contributed by atoms with Crippen molar-refractivity contribution in [2.75, 3.05) is 46.9 Å². The summed E-state index contributed by atoms with van der Waals surface area (Å²) in [6.45, 7) is 2.44. The number of hydrogen-bond donors (Lipinski definition) is 3. The summed E-state index contributed by atoms with van der Waals surface area (Å²) in [7, 11) is 4.03. The van der Waals surface area contributed by atoms with Crippen molar-refractivity contribution in [2.45, 2.75) is 57.3 Å². The number of fused-ring (bicyclic) bond motifs is 2. The fraction of sp³-hybridized carbons (Fsp3) is 0.405. The highest BCUT2D eigenvalue weighted by Gasteiger charge is 2.36. The molecule has 2 amide bonds. The third-order valence-corrected chi connectivity index (χ3v) is 10.7. The number of aromatic nitrogens is 3. The number of piperidine rings is 1. The number of likely N-dealkylation sites (tertiary alicyclic amines) is 1. The van der Waals surface area contributed by atoms with Gasteiger partial charge in [0.25, 0.3) is 11.5 Å². The summed E-state index contributed by atoms with van der Waals surface area (Å²) in [5, 5.41) is 25.6. The zero-order chi connectivity index (χ0) is 39.0. The molecule has 1 saturated heterocycles. The first-order valence-corrected chi connectivity index (χ1v) is 19.2. The van der Waals surface area contributed by atoms with E-state index in [0.29, 0.717) is 102 Å². The van der Waals surface area contributed by atoms with Gasteiger partial charge in [-0.05, 0) is 82.4 Å². The molecule has 290 valence electrons. The third-order valence-electron chi connectivity index (χ3n) is 10.3. The van der Waals surface area contributed by atoms with Crippen LogP contribution in [0, 0.1) is 5.92 Å². The minimum absolute atomic E-state index is 0.0150. The first-order chi connectivity index (χ1) is 26.5. The number of hydrogen-bond acceptors (Lipinski definition) is 9. The molecule has 0 bridgehead atoms. The molecule has 0 spiro atoms. The van der Waals surface area contributed by atoms with Gasteiger partial charge in [0.15, 0.2) is 0 Å². The number of halogens is 1. The monoisotopic (exact) mass is 768 g/mol. The van der Waals surface area contributed by atoms with Crippen molar-refractivity contribution >= 4 is 45.2 Å². The Balaban J connectivity index is 1.04. The van der Waals surface area contributed by atoms with Crippen LogP contribution in [0.25, 0.3) is 21.8 Å². The van der Waals surface area contributed by atoms with E-state index in [1.54, 1.807) is 36.4 Å². The summed E-state index contributed by atoms with van der Waals surface area (Å²) in [4.78, 5) is 53.2. The molecule has 3 N–H and O–H groups in total. The molecule has 0 unspecified atom stereocenters. The quantitative estimate of drug-likeness (QED) is 0.120. The van der Waals surface area contributed by atoms with Crippen LogP contribution in [0.5, 0.6) is 5.75 Å². The van der Waals surface area contributed by atoms with Gasteiger partial charge in [0.1, 0.15) is 5.75 Å². The minimum Gasteiger partial charge on any atom is -0.493 e. The molecule has 1 aliphatic heterocycles. The van der Waals surface area contributed by atoms with Crippen LogP contribution in [0.1, 0.15) is 53.6 Å². The van der Waals surface area contributed by atoms with E-state index in [1.807, 2.05) is 49.3 Å². The molecule has 5 aromatic rings. The standard InChI is InChI=1S/C42H49ClN6O6/c1-47(2)18-7-21-55-33-12-14-35-37(24-33)46-28-49(41(35)53)27-42(54)15-19-48(20-16-42)40(52)31(22-29-8-4-3-5-9-29)10-6-17-44-39(51)30-11-13-34-36(23-30)45-25-32(26-50)38(34)43/h3-5,8-9,11-14,23-25,28,31,50,54H,6-7,10,15-22,26-27H2,1-2H3,(H,44,51)/t31-/m1/s1. The number of pyridine rings is 1. The summed E-state index contributed by atoms with van der Waals surface area (Å²) in [5.41, 5.74) is 1.71. The SMILES string of the molecule is CN(C)CCCOc1ccc2c(=O)n(CC3(O)CCN(C(=O)[C@H](CCCNC(=O)c4ccc5c(Cl)c(CO)cnc5c4)Cc4ccccc4)CC3)cnc2c1. The normalized spacial score (nSPS) is 14.7. The Labute approximate surface area is 325 Å². The topological polar surface area (TPSA) is 150 Å².